The van der Waals surface area contributed by atoms with E-state index < -0.39 is 41.0 Å². The first-order valence-electron chi connectivity index (χ1n) is 13.5. The molecular formula is C28H36F4N4O4. The van der Waals surface area contributed by atoms with Crippen molar-refractivity contribution in [1.29, 1.82) is 0 Å². The summed E-state index contributed by atoms with van der Waals surface area (Å²) in [5, 5.41) is 15.1. The summed E-state index contributed by atoms with van der Waals surface area (Å²) in [5.41, 5.74) is -0.0709. The third-order valence-electron chi connectivity index (χ3n) is 6.73. The summed E-state index contributed by atoms with van der Waals surface area (Å²) in [6.45, 7) is 5.16. The number of ether oxygens (including phenoxy) is 1. The van der Waals surface area contributed by atoms with Crippen LogP contribution in [-0.4, -0.2) is 72.3 Å². The standard InChI is InChI=1S/C28H36F4N4O4/c1-2-40-17-16-36(14-4-3-7-21-10-8-19-6-5-13-33-25(19)34-21)15-12-24(27(38)39)35-26(37)22-18-20(29)9-11-23(22)28(30,31)32/h8-11,18,24H,2-7,12-17H2,1H3,(H,33,34)(H,35,37)(H,38,39). The molecule has 3 N–H and O–H groups in total. The zero-order valence-corrected chi connectivity index (χ0v) is 22.5. The number of hydrogen-bond donors (Lipinski definition) is 3. The van der Waals surface area contributed by atoms with Crippen molar-refractivity contribution in [2.45, 2.75) is 57.7 Å². The number of carbonyl (C=O) groups excluding carboxylic acids is 1. The lowest BCUT2D eigenvalue weighted by Crippen LogP contribution is -2.44. The van der Waals surface area contributed by atoms with Gasteiger partial charge in [0.1, 0.15) is 17.7 Å². The molecule has 12 heteroatoms. The van der Waals surface area contributed by atoms with Gasteiger partial charge in [0.2, 0.25) is 0 Å². The molecule has 1 amide bonds. The van der Waals surface area contributed by atoms with Gasteiger partial charge in [0.25, 0.3) is 5.91 Å². The average Bonchev–Trinajstić information content (AvgIpc) is 2.91. The lowest BCUT2D eigenvalue weighted by atomic mass is 10.0. The number of aromatic nitrogens is 1. The molecule has 0 saturated heterocycles. The number of aryl methyl sites for hydroxylation is 2. The van der Waals surface area contributed by atoms with Gasteiger partial charge >= 0.3 is 12.1 Å². The predicted molar refractivity (Wildman–Crippen MR) is 142 cm³/mol. The number of benzene rings is 1. The van der Waals surface area contributed by atoms with Crippen LogP contribution < -0.4 is 10.6 Å². The number of fused-ring (bicyclic) bond motifs is 1. The van der Waals surface area contributed by atoms with Crippen molar-refractivity contribution in [2.24, 2.45) is 0 Å². The number of pyridine rings is 1. The molecule has 1 aliphatic heterocycles. The number of rotatable bonds is 15. The molecule has 1 atom stereocenters. The van der Waals surface area contributed by atoms with E-state index in [2.05, 4.69) is 16.7 Å². The van der Waals surface area contributed by atoms with Crippen molar-refractivity contribution >= 4 is 17.7 Å². The van der Waals surface area contributed by atoms with Gasteiger partial charge in [-0.3, -0.25) is 4.79 Å². The highest BCUT2D eigenvalue weighted by molar-refractivity contribution is 5.98. The summed E-state index contributed by atoms with van der Waals surface area (Å²) in [7, 11) is 0. The largest absolute Gasteiger partial charge is 0.480 e. The van der Waals surface area contributed by atoms with Crippen LogP contribution >= 0.6 is 0 Å². The van der Waals surface area contributed by atoms with Crippen LogP contribution in [0.15, 0.2) is 30.3 Å². The minimum absolute atomic E-state index is 0.0537. The van der Waals surface area contributed by atoms with E-state index in [1.807, 2.05) is 17.9 Å². The summed E-state index contributed by atoms with van der Waals surface area (Å²) in [4.78, 5) is 31.1. The van der Waals surface area contributed by atoms with Crippen molar-refractivity contribution in [3.63, 3.8) is 0 Å². The molecule has 0 aliphatic carbocycles. The topological polar surface area (TPSA) is 104 Å². The van der Waals surface area contributed by atoms with E-state index in [-0.39, 0.29) is 13.0 Å². The quantitative estimate of drug-likeness (QED) is 0.214. The van der Waals surface area contributed by atoms with Crippen molar-refractivity contribution in [1.82, 2.24) is 15.2 Å². The van der Waals surface area contributed by atoms with Gasteiger partial charge < -0.3 is 25.4 Å². The molecule has 3 rings (SSSR count). The monoisotopic (exact) mass is 568 g/mol. The van der Waals surface area contributed by atoms with E-state index in [0.717, 1.165) is 50.2 Å². The molecule has 2 heterocycles. The van der Waals surface area contributed by atoms with Gasteiger partial charge in [-0.15, -0.1) is 0 Å². The van der Waals surface area contributed by atoms with Gasteiger partial charge in [-0.2, -0.15) is 13.2 Å². The summed E-state index contributed by atoms with van der Waals surface area (Å²) in [6.07, 6.45) is -0.388. The smallest absolute Gasteiger partial charge is 0.417 e. The molecule has 220 valence electrons. The van der Waals surface area contributed by atoms with Gasteiger partial charge in [0.05, 0.1) is 17.7 Å². The van der Waals surface area contributed by atoms with Crippen LogP contribution in [0, 0.1) is 5.82 Å². The second kappa shape index (κ2) is 14.9. The average molecular weight is 569 g/mol. The SMILES string of the molecule is CCOCCN(CCCCc1ccc2c(n1)NCCC2)CCC(NC(=O)c1cc(F)ccc1C(F)(F)F)C(=O)O. The van der Waals surface area contributed by atoms with E-state index in [0.29, 0.717) is 44.5 Å². The Balaban J connectivity index is 1.56. The van der Waals surface area contributed by atoms with Crippen LogP contribution in [0.2, 0.25) is 0 Å². The Labute approximate surface area is 231 Å². The van der Waals surface area contributed by atoms with Crippen LogP contribution in [0.3, 0.4) is 0 Å². The third-order valence-corrected chi connectivity index (χ3v) is 6.73. The highest BCUT2D eigenvalue weighted by atomic mass is 19.4. The minimum atomic E-state index is -4.90. The Morgan fingerprint density at radius 1 is 1.18 bits per heavy atom. The number of carbonyl (C=O) groups is 2. The molecule has 0 spiro atoms. The first kappa shape index (κ1) is 31.3. The number of carboxylic acid groups (broad SMARTS) is 1. The van der Waals surface area contributed by atoms with Crippen molar-refractivity contribution in [3.8, 4) is 0 Å². The number of aliphatic carboxylic acids is 1. The zero-order chi connectivity index (χ0) is 29.1. The number of amides is 1. The normalized spacial score (nSPS) is 13.9. The summed E-state index contributed by atoms with van der Waals surface area (Å²) in [5.74, 6) is -2.78. The molecule has 1 aromatic carbocycles. The van der Waals surface area contributed by atoms with Crippen LogP contribution in [0.5, 0.6) is 0 Å². The number of anilines is 1. The van der Waals surface area contributed by atoms with E-state index >= 15 is 0 Å². The first-order chi connectivity index (χ1) is 19.1. The number of nitrogens with one attached hydrogen (secondary N) is 2. The maximum Gasteiger partial charge on any atom is 0.417 e. The lowest BCUT2D eigenvalue weighted by molar-refractivity contribution is -0.139. The molecule has 8 nitrogen and oxygen atoms in total. The zero-order valence-electron chi connectivity index (χ0n) is 22.5. The van der Waals surface area contributed by atoms with Gasteiger partial charge in [0.15, 0.2) is 0 Å². The van der Waals surface area contributed by atoms with Gasteiger partial charge in [-0.25, -0.2) is 14.2 Å². The van der Waals surface area contributed by atoms with Crippen LogP contribution in [0.25, 0.3) is 0 Å². The predicted octanol–water partition coefficient (Wildman–Crippen LogP) is 4.53. The maximum absolute atomic E-state index is 13.6. The number of unbranched alkanes of at least 4 members (excludes halogenated alkanes) is 1. The van der Waals surface area contributed by atoms with Gasteiger partial charge in [-0.05, 0) is 81.8 Å². The Hall–Kier alpha value is -3.25. The number of carboxylic acids is 1. The second-order valence-electron chi connectivity index (χ2n) is 9.68. The molecular weight excluding hydrogens is 532 g/mol. The maximum atomic E-state index is 13.6. The van der Waals surface area contributed by atoms with E-state index in [1.165, 1.54) is 5.56 Å². The fraction of sp³-hybridized carbons (Fsp3) is 0.536. The van der Waals surface area contributed by atoms with Crippen molar-refractivity contribution in [2.75, 3.05) is 44.7 Å². The number of alkyl halides is 3. The first-order valence-corrected chi connectivity index (χ1v) is 13.5. The molecule has 0 fully saturated rings. The fourth-order valence-corrected chi connectivity index (χ4v) is 4.58. The molecule has 1 aromatic heterocycles. The van der Waals surface area contributed by atoms with Gasteiger partial charge in [0, 0.05) is 31.9 Å². The fourth-order valence-electron chi connectivity index (χ4n) is 4.58. The van der Waals surface area contributed by atoms with E-state index in [4.69, 9.17) is 9.72 Å². The van der Waals surface area contributed by atoms with Crippen molar-refractivity contribution in [3.05, 3.63) is 58.5 Å². The lowest BCUT2D eigenvalue weighted by Gasteiger charge is -2.24. The van der Waals surface area contributed by atoms with E-state index in [9.17, 15) is 32.3 Å². The highest BCUT2D eigenvalue weighted by Crippen LogP contribution is 2.32. The molecule has 0 radical (unpaired) electrons. The summed E-state index contributed by atoms with van der Waals surface area (Å²) in [6, 6.07) is 4.22. The Bertz CT molecular complexity index is 1150. The van der Waals surface area contributed by atoms with E-state index in [1.54, 1.807) is 0 Å². The number of nitrogens with zero attached hydrogens (tertiary/aromatic N) is 2. The number of halogens is 4. The molecule has 0 bridgehead atoms. The highest BCUT2D eigenvalue weighted by Gasteiger charge is 2.36. The van der Waals surface area contributed by atoms with Crippen LogP contribution in [-0.2, 0) is 28.5 Å². The summed E-state index contributed by atoms with van der Waals surface area (Å²) >= 11 is 0. The molecule has 1 aliphatic rings. The second-order valence-corrected chi connectivity index (χ2v) is 9.68. The molecule has 2 aromatic rings. The third kappa shape index (κ3) is 9.44. The Morgan fingerprint density at radius 2 is 1.98 bits per heavy atom. The van der Waals surface area contributed by atoms with Crippen molar-refractivity contribution < 1.29 is 37.0 Å². The summed E-state index contributed by atoms with van der Waals surface area (Å²) < 4.78 is 59.0. The minimum Gasteiger partial charge on any atom is -0.480 e. The van der Waals surface area contributed by atoms with Crippen LogP contribution in [0.1, 0.15) is 59.8 Å². The molecule has 1 unspecified atom stereocenters. The molecule has 0 saturated carbocycles. The molecule has 40 heavy (non-hydrogen) atoms. The van der Waals surface area contributed by atoms with Crippen LogP contribution in [0.4, 0.5) is 23.4 Å². The Kier molecular flexibility index (Phi) is 11.7. The number of hydrogen-bond acceptors (Lipinski definition) is 6. The van der Waals surface area contributed by atoms with Gasteiger partial charge in [-0.1, -0.05) is 6.07 Å². The Morgan fingerprint density at radius 3 is 2.70 bits per heavy atom.